The summed E-state index contributed by atoms with van der Waals surface area (Å²) < 4.78 is 5.23. The zero-order chi connectivity index (χ0) is 20.5. The third kappa shape index (κ3) is 6.68. The number of nitrogens with zero attached hydrogens (tertiary/aromatic N) is 2. The first kappa shape index (κ1) is 20.8. The molecule has 0 N–H and O–H groups in total. The molecule has 7 heteroatoms. The van der Waals surface area contributed by atoms with Crippen molar-refractivity contribution in [3.8, 4) is 0 Å². The number of Topliss-reactive ketones (excluding diaryl/α,β-unsaturated/α-hetero) is 1. The maximum atomic E-state index is 11.7. The van der Waals surface area contributed by atoms with Gasteiger partial charge in [-0.3, -0.25) is 19.7 Å². The molecule has 0 radical (unpaired) electrons. The molecule has 0 heterocycles. The van der Waals surface area contributed by atoms with E-state index >= 15 is 0 Å². The summed E-state index contributed by atoms with van der Waals surface area (Å²) in [7, 11) is 1.86. The smallest absolute Gasteiger partial charge is 0.313 e. The zero-order valence-electron chi connectivity index (χ0n) is 15.8. The quantitative estimate of drug-likeness (QED) is 0.285. The predicted octanol–water partition coefficient (Wildman–Crippen LogP) is 3.59. The Balaban J connectivity index is 2.19. The van der Waals surface area contributed by atoms with Crippen LogP contribution >= 0.6 is 0 Å². The molecular formula is C21H22N2O5. The van der Waals surface area contributed by atoms with Crippen LogP contribution < -0.4 is 0 Å². The van der Waals surface area contributed by atoms with Gasteiger partial charge in [0.1, 0.15) is 18.8 Å². The van der Waals surface area contributed by atoms with Crippen molar-refractivity contribution in [1.29, 1.82) is 0 Å². The van der Waals surface area contributed by atoms with Gasteiger partial charge < -0.3 is 9.64 Å². The highest BCUT2D eigenvalue weighted by molar-refractivity contribution is 5.94. The van der Waals surface area contributed by atoms with Crippen LogP contribution in [-0.2, 0) is 20.9 Å². The van der Waals surface area contributed by atoms with E-state index in [1.54, 1.807) is 18.2 Å². The average molecular weight is 382 g/mol. The third-order valence-electron chi connectivity index (χ3n) is 3.96. The Morgan fingerprint density at radius 2 is 1.75 bits per heavy atom. The van der Waals surface area contributed by atoms with Gasteiger partial charge in [0.15, 0.2) is 0 Å². The van der Waals surface area contributed by atoms with E-state index in [9.17, 15) is 19.7 Å². The number of nitro groups is 1. The van der Waals surface area contributed by atoms with Crippen LogP contribution in [0.25, 0.3) is 6.08 Å². The van der Waals surface area contributed by atoms with Gasteiger partial charge in [0.2, 0.25) is 0 Å². The van der Waals surface area contributed by atoms with Crippen LogP contribution in [0.4, 0.5) is 5.69 Å². The van der Waals surface area contributed by atoms with Crippen molar-refractivity contribution in [2.75, 3.05) is 13.7 Å². The van der Waals surface area contributed by atoms with E-state index in [2.05, 4.69) is 0 Å². The van der Waals surface area contributed by atoms with Crippen molar-refractivity contribution in [2.45, 2.75) is 19.9 Å². The number of ether oxygens (including phenoxy) is 1. The number of likely N-dealkylation sites (N-methyl/N-ethyl adjacent to an activating group) is 1. The molecule has 0 aliphatic heterocycles. The summed E-state index contributed by atoms with van der Waals surface area (Å²) in [5, 5.41) is 10.8. The second kappa shape index (κ2) is 10.0. The maximum absolute atomic E-state index is 11.7. The fourth-order valence-electron chi connectivity index (χ4n) is 2.51. The number of nitro benzene ring substituents is 1. The minimum Gasteiger partial charge on any atom is -0.459 e. The van der Waals surface area contributed by atoms with Crippen molar-refractivity contribution >= 4 is 23.5 Å². The number of hydrogen-bond donors (Lipinski definition) is 0. The minimum atomic E-state index is -0.588. The van der Waals surface area contributed by atoms with Crippen molar-refractivity contribution in [3.05, 3.63) is 81.5 Å². The number of non-ortho nitro benzene ring substituents is 1. The van der Waals surface area contributed by atoms with Crippen LogP contribution in [0.2, 0.25) is 0 Å². The van der Waals surface area contributed by atoms with Gasteiger partial charge in [-0.15, -0.1) is 0 Å². The predicted molar refractivity (Wildman–Crippen MR) is 105 cm³/mol. The normalized spacial score (nSPS) is 11.0. The molecule has 0 aliphatic carbocycles. The molecule has 146 valence electrons. The van der Waals surface area contributed by atoms with Gasteiger partial charge in [0.25, 0.3) is 5.69 Å². The lowest BCUT2D eigenvalue weighted by atomic mass is 10.1. The fraction of sp³-hybridized carbons (Fsp3) is 0.238. The molecular weight excluding hydrogens is 360 g/mol. The maximum Gasteiger partial charge on any atom is 0.313 e. The molecule has 0 saturated heterocycles. The summed E-state index contributed by atoms with van der Waals surface area (Å²) in [6, 6.07) is 15.9. The molecule has 0 bridgehead atoms. The van der Waals surface area contributed by atoms with Gasteiger partial charge in [0, 0.05) is 25.7 Å². The topological polar surface area (TPSA) is 89.8 Å². The molecule has 2 rings (SSSR count). The van der Waals surface area contributed by atoms with Gasteiger partial charge in [-0.2, -0.15) is 0 Å². The zero-order valence-corrected chi connectivity index (χ0v) is 15.8. The van der Waals surface area contributed by atoms with Crippen molar-refractivity contribution in [2.24, 2.45) is 0 Å². The highest BCUT2D eigenvalue weighted by Gasteiger charge is 2.12. The lowest BCUT2D eigenvalue weighted by Gasteiger charge is -2.23. The molecule has 2 aromatic carbocycles. The van der Waals surface area contributed by atoms with Crippen LogP contribution in [0, 0.1) is 10.1 Å². The lowest BCUT2D eigenvalue weighted by molar-refractivity contribution is -0.384. The van der Waals surface area contributed by atoms with E-state index in [-0.39, 0.29) is 24.5 Å². The van der Waals surface area contributed by atoms with Crippen LogP contribution in [0.1, 0.15) is 24.5 Å². The van der Waals surface area contributed by atoms with Gasteiger partial charge in [-0.05, 0) is 36.3 Å². The van der Waals surface area contributed by atoms with Crippen molar-refractivity contribution < 1.29 is 19.2 Å². The molecule has 2 aromatic rings. The summed E-state index contributed by atoms with van der Waals surface area (Å²) >= 11 is 0. The largest absolute Gasteiger partial charge is 0.459 e. The van der Waals surface area contributed by atoms with E-state index < -0.39 is 10.9 Å². The second-order valence-electron chi connectivity index (χ2n) is 6.37. The van der Waals surface area contributed by atoms with Crippen LogP contribution in [0.3, 0.4) is 0 Å². The first-order valence-electron chi connectivity index (χ1n) is 8.70. The number of carbonyl (C=O) groups excluding carboxylic acids is 2. The minimum absolute atomic E-state index is 0.00391. The average Bonchev–Trinajstić information content (AvgIpc) is 2.65. The lowest BCUT2D eigenvalue weighted by Crippen LogP contribution is -2.22. The SMILES string of the molecule is CC(=O)CC(=O)OC/C(=C\c1ccc([N+](=O)[O-])cc1)N(C)Cc1ccccc1. The molecule has 0 unspecified atom stereocenters. The number of esters is 1. The molecule has 0 saturated carbocycles. The Hall–Kier alpha value is -3.48. The van der Waals surface area contributed by atoms with E-state index in [4.69, 9.17) is 4.74 Å². The summed E-state index contributed by atoms with van der Waals surface area (Å²) in [5.74, 6) is -0.848. The summed E-state index contributed by atoms with van der Waals surface area (Å²) in [4.78, 5) is 35.1. The molecule has 0 atom stereocenters. The molecule has 28 heavy (non-hydrogen) atoms. The molecule has 0 aromatic heterocycles. The number of rotatable bonds is 9. The van der Waals surface area contributed by atoms with Crippen LogP contribution in [-0.4, -0.2) is 35.2 Å². The fourth-order valence-corrected chi connectivity index (χ4v) is 2.51. The van der Waals surface area contributed by atoms with Crippen molar-refractivity contribution in [3.63, 3.8) is 0 Å². The molecule has 0 spiro atoms. The summed E-state index contributed by atoms with van der Waals surface area (Å²) in [5.41, 5.74) is 2.52. The molecule has 0 amide bonds. The van der Waals surface area contributed by atoms with Crippen LogP contribution in [0.5, 0.6) is 0 Å². The molecule has 0 aliphatic rings. The van der Waals surface area contributed by atoms with E-state index in [0.29, 0.717) is 12.2 Å². The van der Waals surface area contributed by atoms with Gasteiger partial charge >= 0.3 is 5.97 Å². The van der Waals surface area contributed by atoms with E-state index in [1.807, 2.05) is 42.3 Å². The van der Waals surface area contributed by atoms with Gasteiger partial charge in [-0.25, -0.2) is 0 Å². The highest BCUT2D eigenvalue weighted by Crippen LogP contribution is 2.17. The number of hydrogen-bond acceptors (Lipinski definition) is 6. The Morgan fingerprint density at radius 1 is 1.11 bits per heavy atom. The first-order valence-corrected chi connectivity index (χ1v) is 8.70. The third-order valence-corrected chi connectivity index (χ3v) is 3.96. The number of ketones is 1. The van der Waals surface area contributed by atoms with E-state index in [1.165, 1.54) is 19.1 Å². The Labute approximate surface area is 163 Å². The summed E-state index contributed by atoms with van der Waals surface area (Å²) in [6.07, 6.45) is 1.53. The molecule has 7 nitrogen and oxygen atoms in total. The van der Waals surface area contributed by atoms with Crippen LogP contribution in [0.15, 0.2) is 60.3 Å². The van der Waals surface area contributed by atoms with E-state index in [0.717, 1.165) is 11.1 Å². The Kier molecular flexibility index (Phi) is 7.45. The Morgan fingerprint density at radius 3 is 2.32 bits per heavy atom. The highest BCUT2D eigenvalue weighted by atomic mass is 16.6. The number of carbonyl (C=O) groups is 2. The van der Waals surface area contributed by atoms with Gasteiger partial charge in [0.05, 0.1) is 10.6 Å². The first-order chi connectivity index (χ1) is 13.3. The number of benzene rings is 2. The standard InChI is InChI=1S/C21H22N2O5/c1-16(24)12-21(25)28-15-20(22(2)14-18-6-4-3-5-7-18)13-17-8-10-19(11-9-17)23(26)27/h3-11,13H,12,14-15H2,1-2H3/b20-13+. The second-order valence-corrected chi connectivity index (χ2v) is 6.37. The Bertz CT molecular complexity index is 860. The summed E-state index contributed by atoms with van der Waals surface area (Å²) in [6.45, 7) is 1.91. The van der Waals surface area contributed by atoms with Gasteiger partial charge in [-0.1, -0.05) is 30.3 Å². The monoisotopic (exact) mass is 382 g/mol. The molecule has 0 fully saturated rings. The van der Waals surface area contributed by atoms with Crippen molar-refractivity contribution in [1.82, 2.24) is 4.90 Å².